The summed E-state index contributed by atoms with van der Waals surface area (Å²) in [6.07, 6.45) is 3.67. The molecule has 6 nitrogen and oxygen atoms in total. The van der Waals surface area contributed by atoms with Gasteiger partial charge < -0.3 is 19.1 Å². The van der Waals surface area contributed by atoms with Gasteiger partial charge in [0.1, 0.15) is 5.84 Å². The van der Waals surface area contributed by atoms with Crippen molar-refractivity contribution in [1.29, 1.82) is 0 Å². The molecular formula is C23H26Br2N2O4. The lowest BCUT2D eigenvalue weighted by atomic mass is 9.91. The number of methoxy groups -OCH3 is 2. The third kappa shape index (κ3) is 4.16. The van der Waals surface area contributed by atoms with Crippen LogP contribution < -0.4 is 9.47 Å². The highest BCUT2D eigenvalue weighted by molar-refractivity contribution is 9.12. The molecule has 1 aromatic rings. The van der Waals surface area contributed by atoms with Gasteiger partial charge in [0.05, 0.1) is 43.3 Å². The highest BCUT2D eigenvalue weighted by atomic mass is 79.9. The minimum absolute atomic E-state index is 0.0457. The Hall–Kier alpha value is -1.80. The van der Waals surface area contributed by atoms with Crippen LogP contribution in [-0.2, 0) is 9.53 Å². The lowest BCUT2D eigenvalue weighted by Crippen LogP contribution is -2.42. The van der Waals surface area contributed by atoms with Gasteiger partial charge >= 0.3 is 5.97 Å². The van der Waals surface area contributed by atoms with Crippen LogP contribution in [-0.4, -0.2) is 43.6 Å². The van der Waals surface area contributed by atoms with E-state index in [1.54, 1.807) is 14.2 Å². The number of aliphatic imine (C=N–C) groups is 1. The van der Waals surface area contributed by atoms with Crippen molar-refractivity contribution in [2.75, 3.05) is 20.8 Å². The van der Waals surface area contributed by atoms with Crippen LogP contribution >= 0.6 is 31.9 Å². The molecule has 4 rings (SSSR count). The van der Waals surface area contributed by atoms with E-state index in [2.05, 4.69) is 49.7 Å². The molecular weight excluding hydrogens is 528 g/mol. The van der Waals surface area contributed by atoms with E-state index in [0.717, 1.165) is 38.9 Å². The molecule has 0 bridgehead atoms. The zero-order valence-electron chi connectivity index (χ0n) is 18.0. The Morgan fingerprint density at radius 2 is 1.94 bits per heavy atom. The van der Waals surface area contributed by atoms with Gasteiger partial charge in [-0.3, -0.25) is 9.79 Å². The van der Waals surface area contributed by atoms with Gasteiger partial charge in [-0.1, -0.05) is 6.07 Å². The van der Waals surface area contributed by atoms with E-state index in [4.69, 9.17) is 19.2 Å². The molecule has 0 N–H and O–H groups in total. The highest BCUT2D eigenvalue weighted by Crippen LogP contribution is 2.50. The second-order valence-corrected chi connectivity index (χ2v) is 9.65. The second-order valence-electron chi connectivity index (χ2n) is 7.94. The summed E-state index contributed by atoms with van der Waals surface area (Å²) in [7, 11) is 3.28. The fraction of sp³-hybridized carbons (Fsp3) is 0.478. The summed E-state index contributed by atoms with van der Waals surface area (Å²) in [6.45, 7) is 4.34. The summed E-state index contributed by atoms with van der Waals surface area (Å²) in [6, 6.07) is 6.15. The number of rotatable bonds is 6. The van der Waals surface area contributed by atoms with Gasteiger partial charge in [0, 0.05) is 10.2 Å². The predicted molar refractivity (Wildman–Crippen MR) is 127 cm³/mol. The van der Waals surface area contributed by atoms with Crippen LogP contribution in [0.1, 0.15) is 38.3 Å². The number of esters is 1. The third-order valence-electron chi connectivity index (χ3n) is 6.18. The molecule has 4 atom stereocenters. The normalized spacial score (nSPS) is 27.2. The van der Waals surface area contributed by atoms with Crippen molar-refractivity contribution in [3.63, 3.8) is 0 Å². The Bertz CT molecular complexity index is 988. The Morgan fingerprint density at radius 3 is 2.61 bits per heavy atom. The molecule has 4 unspecified atom stereocenters. The largest absolute Gasteiger partial charge is 0.493 e. The smallest absolute Gasteiger partial charge is 0.309 e. The van der Waals surface area contributed by atoms with Crippen LogP contribution in [0.2, 0.25) is 0 Å². The van der Waals surface area contributed by atoms with Crippen LogP contribution in [0.25, 0.3) is 0 Å². The number of allylic oxidation sites excluding steroid dienone is 3. The summed E-state index contributed by atoms with van der Waals surface area (Å²) in [5, 5.41) is 0. The van der Waals surface area contributed by atoms with Crippen LogP contribution in [0.5, 0.6) is 11.5 Å². The van der Waals surface area contributed by atoms with Crippen molar-refractivity contribution < 1.29 is 19.0 Å². The molecule has 1 aromatic carbocycles. The molecule has 0 radical (unpaired) electrons. The lowest BCUT2D eigenvalue weighted by Gasteiger charge is -2.43. The van der Waals surface area contributed by atoms with Crippen molar-refractivity contribution >= 4 is 43.7 Å². The lowest BCUT2D eigenvalue weighted by molar-refractivity contribution is -0.145. The summed E-state index contributed by atoms with van der Waals surface area (Å²) in [5.74, 6) is 2.35. The van der Waals surface area contributed by atoms with Gasteiger partial charge in [0.25, 0.3) is 0 Å². The first-order valence-electron chi connectivity index (χ1n) is 10.4. The number of carbonyl (C=O) groups is 1. The predicted octanol–water partition coefficient (Wildman–Crippen LogP) is 5.34. The van der Waals surface area contributed by atoms with Crippen LogP contribution in [0.4, 0.5) is 0 Å². The number of hydrogen-bond acceptors (Lipinski definition) is 6. The van der Waals surface area contributed by atoms with Gasteiger partial charge in [0.2, 0.25) is 0 Å². The number of fused-ring (bicyclic) bond motifs is 1. The molecule has 2 aliphatic heterocycles. The molecule has 166 valence electrons. The number of nitrogens with zero attached hydrogens (tertiary/aromatic N) is 2. The second kappa shape index (κ2) is 8.98. The zero-order chi connectivity index (χ0) is 22.3. The standard InChI is InChI=1S/C23H26Br2N2O4/c1-5-31-23(28)15-9-14(15)18-11-19(13-6-7-20(29-3)21(8-13)30-4)27-12(2)16(24)10-17(25)22(27)26-18/h6-8,10,14-15,18-19H,5,9,11H2,1-4H3. The molecule has 1 aliphatic carbocycles. The first-order valence-corrected chi connectivity index (χ1v) is 12.0. The van der Waals surface area contributed by atoms with Gasteiger partial charge in [-0.05, 0) is 88.2 Å². The summed E-state index contributed by atoms with van der Waals surface area (Å²) in [5.41, 5.74) is 2.21. The maximum atomic E-state index is 12.3. The number of amidine groups is 1. The molecule has 8 heteroatoms. The maximum absolute atomic E-state index is 12.3. The molecule has 2 heterocycles. The van der Waals surface area contributed by atoms with Crippen LogP contribution in [0.3, 0.4) is 0 Å². The maximum Gasteiger partial charge on any atom is 0.309 e. The number of benzene rings is 1. The van der Waals surface area contributed by atoms with Gasteiger partial charge in [-0.2, -0.15) is 0 Å². The number of carbonyl (C=O) groups excluding carboxylic acids is 1. The Kier molecular flexibility index (Phi) is 6.49. The third-order valence-corrected chi connectivity index (χ3v) is 7.57. The fourth-order valence-corrected chi connectivity index (χ4v) is 5.74. The molecule has 1 fully saturated rings. The van der Waals surface area contributed by atoms with Crippen molar-refractivity contribution in [3.05, 3.63) is 44.5 Å². The monoisotopic (exact) mass is 552 g/mol. The van der Waals surface area contributed by atoms with Crippen LogP contribution in [0, 0.1) is 11.8 Å². The molecule has 0 amide bonds. The fourth-order valence-electron chi connectivity index (χ4n) is 4.49. The first-order chi connectivity index (χ1) is 14.9. The van der Waals surface area contributed by atoms with Crippen molar-refractivity contribution in [2.24, 2.45) is 16.8 Å². The molecule has 31 heavy (non-hydrogen) atoms. The van der Waals surface area contributed by atoms with Crippen LogP contribution in [0.15, 0.2) is 43.9 Å². The average Bonchev–Trinajstić information content (AvgIpc) is 3.57. The van der Waals surface area contributed by atoms with Gasteiger partial charge in [-0.25, -0.2) is 0 Å². The topological polar surface area (TPSA) is 60.4 Å². The highest BCUT2D eigenvalue weighted by Gasteiger charge is 2.51. The minimum Gasteiger partial charge on any atom is -0.493 e. The quantitative estimate of drug-likeness (QED) is 0.445. The zero-order valence-corrected chi connectivity index (χ0v) is 21.2. The van der Waals surface area contributed by atoms with E-state index < -0.39 is 0 Å². The molecule has 0 spiro atoms. The SMILES string of the molecule is CCOC(=O)C1CC1C1CC(c2ccc(OC)c(OC)c2)N2C(=N1)C(Br)=CC(Br)=C2C. The minimum atomic E-state index is -0.102. The van der Waals surface area contributed by atoms with E-state index in [1.807, 2.05) is 25.1 Å². The van der Waals surface area contributed by atoms with Crippen molar-refractivity contribution in [1.82, 2.24) is 4.90 Å². The van der Waals surface area contributed by atoms with Crippen molar-refractivity contribution in [3.8, 4) is 11.5 Å². The number of hydrogen-bond donors (Lipinski definition) is 0. The van der Waals surface area contributed by atoms with E-state index in [0.29, 0.717) is 18.1 Å². The molecule has 0 saturated heterocycles. The van der Waals surface area contributed by atoms with Crippen molar-refractivity contribution in [2.45, 2.75) is 38.8 Å². The summed E-state index contributed by atoms with van der Waals surface area (Å²) < 4.78 is 18.2. The van der Waals surface area contributed by atoms with E-state index in [1.165, 1.54) is 0 Å². The molecule has 1 saturated carbocycles. The molecule has 3 aliphatic rings. The Morgan fingerprint density at radius 1 is 1.19 bits per heavy atom. The molecule has 0 aromatic heterocycles. The van der Waals surface area contributed by atoms with Gasteiger partial charge in [0.15, 0.2) is 11.5 Å². The van der Waals surface area contributed by atoms with E-state index in [9.17, 15) is 4.79 Å². The summed E-state index contributed by atoms with van der Waals surface area (Å²) in [4.78, 5) is 19.6. The average molecular weight is 554 g/mol. The van der Waals surface area contributed by atoms with E-state index in [-0.39, 0.29) is 29.9 Å². The van der Waals surface area contributed by atoms with E-state index >= 15 is 0 Å². The first kappa shape index (κ1) is 22.4. The van der Waals surface area contributed by atoms with Gasteiger partial charge in [-0.15, -0.1) is 0 Å². The summed E-state index contributed by atoms with van der Waals surface area (Å²) >= 11 is 7.38. The Balaban J connectivity index is 1.72. The number of halogens is 2. The number of ether oxygens (including phenoxy) is 3. The Labute approximate surface area is 199 Å².